The highest BCUT2D eigenvalue weighted by Gasteiger charge is 2.28. The normalized spacial score (nSPS) is 17.9. The summed E-state index contributed by atoms with van der Waals surface area (Å²) in [5.74, 6) is 0.154. The Bertz CT molecular complexity index is 497. The van der Waals surface area contributed by atoms with Gasteiger partial charge in [-0.2, -0.15) is 0 Å². The summed E-state index contributed by atoms with van der Waals surface area (Å²) >= 11 is 0. The molecule has 2 rings (SSSR count). The number of nitrogens with zero attached hydrogens (tertiary/aromatic N) is 1. The lowest BCUT2D eigenvalue weighted by Crippen LogP contribution is -2.19. The molecule has 18 heavy (non-hydrogen) atoms. The number of ether oxygens (including phenoxy) is 2. The minimum absolute atomic E-state index is 0.241. The van der Waals surface area contributed by atoms with Gasteiger partial charge in [0.25, 0.3) is 0 Å². The molecular weight excluding hydrogens is 238 g/mol. The average molecular weight is 251 g/mol. The fraction of sp³-hybridized carbons (Fsp3) is 0.333. The number of carboxylic acids is 1. The fourth-order valence-corrected chi connectivity index (χ4v) is 1.70. The zero-order valence-corrected chi connectivity index (χ0v) is 10.0. The summed E-state index contributed by atoms with van der Waals surface area (Å²) in [6.07, 6.45) is -0.668. The summed E-state index contributed by atoms with van der Waals surface area (Å²) in [4.78, 5) is 15.6. The molecule has 0 radical (unpaired) electrons. The van der Waals surface area contributed by atoms with Crippen LogP contribution in [0.1, 0.15) is 12.0 Å². The van der Waals surface area contributed by atoms with Crippen LogP contribution in [0, 0.1) is 0 Å². The van der Waals surface area contributed by atoms with Gasteiger partial charge >= 0.3 is 5.97 Å². The van der Waals surface area contributed by atoms with Gasteiger partial charge in [-0.3, -0.25) is 0 Å². The van der Waals surface area contributed by atoms with Crippen LogP contribution in [0.2, 0.25) is 0 Å². The van der Waals surface area contributed by atoms with Crippen LogP contribution in [0.5, 0.6) is 11.5 Å². The Kier molecular flexibility index (Phi) is 3.36. The van der Waals surface area contributed by atoms with Crippen LogP contribution >= 0.6 is 0 Å². The lowest BCUT2D eigenvalue weighted by Gasteiger charge is -2.08. The van der Waals surface area contributed by atoms with Crippen LogP contribution in [0.15, 0.2) is 23.4 Å². The predicted octanol–water partition coefficient (Wildman–Crippen LogP) is 1.28. The molecule has 1 aliphatic rings. The first kappa shape index (κ1) is 12.2. The van der Waals surface area contributed by atoms with Crippen LogP contribution in [0.3, 0.4) is 0 Å². The highest BCUT2D eigenvalue weighted by Crippen LogP contribution is 2.29. The summed E-state index contributed by atoms with van der Waals surface area (Å²) in [5, 5.41) is 12.6. The number of hydrogen-bond acceptors (Lipinski definition) is 5. The summed E-state index contributed by atoms with van der Waals surface area (Å²) in [5.41, 5.74) is 1.35. The molecule has 0 amide bonds. The number of oxime groups is 1. The van der Waals surface area contributed by atoms with E-state index in [0.717, 1.165) is 5.56 Å². The number of carbonyl (C=O) groups is 1. The average Bonchev–Trinajstić information content (AvgIpc) is 2.87. The monoisotopic (exact) mass is 251 g/mol. The maximum absolute atomic E-state index is 10.8. The van der Waals surface area contributed by atoms with Crippen molar-refractivity contribution in [2.75, 3.05) is 14.2 Å². The van der Waals surface area contributed by atoms with E-state index >= 15 is 0 Å². The van der Waals surface area contributed by atoms with Crippen molar-refractivity contribution in [3.05, 3.63) is 23.8 Å². The van der Waals surface area contributed by atoms with Crippen LogP contribution in [0.25, 0.3) is 0 Å². The Hall–Kier alpha value is -2.24. The maximum Gasteiger partial charge on any atom is 0.348 e. The molecule has 1 aromatic rings. The van der Waals surface area contributed by atoms with Gasteiger partial charge in [-0.1, -0.05) is 5.16 Å². The number of methoxy groups -OCH3 is 2. The zero-order valence-electron chi connectivity index (χ0n) is 10.0. The zero-order chi connectivity index (χ0) is 13.1. The Morgan fingerprint density at radius 1 is 1.39 bits per heavy atom. The summed E-state index contributed by atoms with van der Waals surface area (Å²) in [6.45, 7) is 0. The third-order valence-electron chi connectivity index (χ3n) is 2.66. The molecule has 1 aromatic carbocycles. The molecule has 1 atom stereocenters. The number of rotatable bonds is 4. The molecule has 0 saturated carbocycles. The van der Waals surface area contributed by atoms with Gasteiger partial charge in [0, 0.05) is 12.0 Å². The lowest BCUT2D eigenvalue weighted by atomic mass is 10.0. The molecular formula is C12H13NO5. The Balaban J connectivity index is 2.23. The Labute approximate surface area is 104 Å². The molecule has 0 bridgehead atoms. The van der Waals surface area contributed by atoms with E-state index in [4.69, 9.17) is 19.4 Å². The Morgan fingerprint density at radius 3 is 2.67 bits per heavy atom. The van der Waals surface area contributed by atoms with Gasteiger partial charge in [-0.25, -0.2) is 4.79 Å². The van der Waals surface area contributed by atoms with E-state index in [-0.39, 0.29) is 6.42 Å². The van der Waals surface area contributed by atoms with Gasteiger partial charge < -0.3 is 19.4 Å². The summed E-state index contributed by atoms with van der Waals surface area (Å²) in [6, 6.07) is 5.27. The van der Waals surface area contributed by atoms with Gasteiger partial charge in [0.15, 0.2) is 11.5 Å². The molecule has 6 heteroatoms. The van der Waals surface area contributed by atoms with Crippen LogP contribution in [0.4, 0.5) is 0 Å². The highest BCUT2D eigenvalue weighted by molar-refractivity contribution is 6.03. The van der Waals surface area contributed by atoms with Crippen LogP contribution in [-0.2, 0) is 9.63 Å². The van der Waals surface area contributed by atoms with Crippen molar-refractivity contribution >= 4 is 11.7 Å². The minimum Gasteiger partial charge on any atom is -0.493 e. The van der Waals surface area contributed by atoms with E-state index in [9.17, 15) is 4.79 Å². The predicted molar refractivity (Wildman–Crippen MR) is 63.2 cm³/mol. The van der Waals surface area contributed by atoms with Crippen molar-refractivity contribution in [2.45, 2.75) is 12.5 Å². The second-order valence-electron chi connectivity index (χ2n) is 3.74. The molecule has 0 spiro atoms. The third-order valence-corrected chi connectivity index (χ3v) is 2.66. The van der Waals surface area contributed by atoms with Crippen molar-refractivity contribution in [1.29, 1.82) is 0 Å². The molecule has 1 aliphatic heterocycles. The first-order valence-electron chi connectivity index (χ1n) is 5.33. The maximum atomic E-state index is 10.8. The quantitative estimate of drug-likeness (QED) is 0.872. The van der Waals surface area contributed by atoms with E-state index in [1.54, 1.807) is 25.3 Å². The van der Waals surface area contributed by atoms with Crippen molar-refractivity contribution in [2.24, 2.45) is 5.16 Å². The van der Waals surface area contributed by atoms with E-state index in [1.165, 1.54) is 7.11 Å². The van der Waals surface area contributed by atoms with Crippen LogP contribution < -0.4 is 9.47 Å². The van der Waals surface area contributed by atoms with Gasteiger partial charge in [-0.15, -0.1) is 0 Å². The topological polar surface area (TPSA) is 77.4 Å². The van der Waals surface area contributed by atoms with Crippen molar-refractivity contribution in [3.8, 4) is 11.5 Å². The van der Waals surface area contributed by atoms with E-state index < -0.39 is 12.1 Å². The van der Waals surface area contributed by atoms with E-state index in [2.05, 4.69) is 5.16 Å². The third kappa shape index (κ3) is 2.22. The smallest absolute Gasteiger partial charge is 0.348 e. The first-order chi connectivity index (χ1) is 8.65. The SMILES string of the molecule is COc1ccc(C2=NO[C@H](C(=O)O)C2)cc1OC. The molecule has 6 nitrogen and oxygen atoms in total. The van der Waals surface area contributed by atoms with E-state index in [1.807, 2.05) is 0 Å². The van der Waals surface area contributed by atoms with Crippen molar-refractivity contribution in [3.63, 3.8) is 0 Å². The van der Waals surface area contributed by atoms with Gasteiger partial charge in [0.2, 0.25) is 6.10 Å². The van der Waals surface area contributed by atoms with Crippen molar-refractivity contribution < 1.29 is 24.2 Å². The molecule has 0 saturated heterocycles. The summed E-state index contributed by atoms with van der Waals surface area (Å²) in [7, 11) is 3.09. The standard InChI is InChI=1S/C12H13NO5/c1-16-9-4-3-7(5-10(9)17-2)8-6-11(12(14)15)18-13-8/h3-5,11H,6H2,1-2H3,(H,14,15)/t11-/m0/s1. The minimum atomic E-state index is -1.02. The number of benzene rings is 1. The largest absolute Gasteiger partial charge is 0.493 e. The summed E-state index contributed by atoms with van der Waals surface area (Å²) < 4.78 is 10.3. The molecule has 0 fully saturated rings. The number of hydrogen-bond donors (Lipinski definition) is 1. The van der Waals surface area contributed by atoms with Gasteiger partial charge in [0.05, 0.1) is 19.9 Å². The van der Waals surface area contributed by atoms with Crippen LogP contribution in [-0.4, -0.2) is 37.1 Å². The molecule has 0 unspecified atom stereocenters. The second kappa shape index (κ2) is 4.95. The fourth-order valence-electron chi connectivity index (χ4n) is 1.70. The Morgan fingerprint density at radius 2 is 2.11 bits per heavy atom. The highest BCUT2D eigenvalue weighted by atomic mass is 16.7. The molecule has 1 heterocycles. The van der Waals surface area contributed by atoms with E-state index in [0.29, 0.717) is 17.2 Å². The molecule has 1 N–H and O–H groups in total. The molecule has 96 valence electrons. The number of aliphatic carboxylic acids is 1. The van der Waals surface area contributed by atoms with Gasteiger partial charge in [0.1, 0.15) is 0 Å². The lowest BCUT2D eigenvalue weighted by molar-refractivity contribution is -0.148. The number of carboxylic acid groups (broad SMARTS) is 1. The first-order valence-corrected chi connectivity index (χ1v) is 5.33. The molecule has 0 aromatic heterocycles. The second-order valence-corrected chi connectivity index (χ2v) is 3.74. The molecule has 0 aliphatic carbocycles. The van der Waals surface area contributed by atoms with Crippen molar-refractivity contribution in [1.82, 2.24) is 0 Å². The van der Waals surface area contributed by atoms with Gasteiger partial charge in [-0.05, 0) is 18.2 Å².